The highest BCUT2D eigenvalue weighted by molar-refractivity contribution is 7.25. The standard InChI is InChI=1S/C58H37NOS/c1-3-14-38(15-4-1)42-31-34-46(51(37-42)39-16-5-2-6-17-39)41-28-32-44(33-29-41)59(52-24-13-25-53-57(52)50-35-30-40-18-7-8-21-48(40)58(50)60-53)45-20-11-19-43(36-45)47-23-12-27-55-56(47)49-22-9-10-26-54(49)61-55/h1-37H. The fourth-order valence-electron chi connectivity index (χ4n) is 9.23. The molecule has 0 N–H and O–H groups in total. The molecule has 10 aromatic carbocycles. The van der Waals surface area contributed by atoms with Crippen molar-refractivity contribution in [1.29, 1.82) is 0 Å². The summed E-state index contributed by atoms with van der Waals surface area (Å²) in [5, 5.41) is 7.07. The maximum atomic E-state index is 6.75. The van der Waals surface area contributed by atoms with Crippen LogP contribution in [0.2, 0.25) is 0 Å². The van der Waals surface area contributed by atoms with Crippen LogP contribution in [0.25, 0.3) is 97.4 Å². The van der Waals surface area contributed by atoms with E-state index in [9.17, 15) is 0 Å². The normalized spacial score (nSPS) is 11.6. The third-order valence-corrected chi connectivity index (χ3v) is 13.2. The molecule has 0 unspecified atom stereocenters. The molecular weight excluding hydrogens is 759 g/mol. The highest BCUT2D eigenvalue weighted by Crippen LogP contribution is 2.47. The number of thiophene rings is 1. The van der Waals surface area contributed by atoms with Crippen LogP contribution in [0.15, 0.2) is 229 Å². The molecule has 0 amide bonds. The van der Waals surface area contributed by atoms with E-state index in [0.717, 1.165) is 55.3 Å². The van der Waals surface area contributed by atoms with Gasteiger partial charge >= 0.3 is 0 Å². The first-order valence-electron chi connectivity index (χ1n) is 20.7. The quantitative estimate of drug-likeness (QED) is 0.160. The SMILES string of the molecule is c1ccc(-c2ccc(-c3ccc(N(c4cccc(-c5cccc6sc7ccccc7c56)c4)c4cccc5oc6c7ccccc7ccc6c45)cc3)c(-c3ccccc3)c2)cc1. The number of benzene rings is 10. The van der Waals surface area contributed by atoms with E-state index in [4.69, 9.17) is 4.42 Å². The molecule has 0 aliphatic carbocycles. The molecule has 61 heavy (non-hydrogen) atoms. The summed E-state index contributed by atoms with van der Waals surface area (Å²) in [6.45, 7) is 0. The van der Waals surface area contributed by atoms with Crippen LogP contribution in [0.3, 0.4) is 0 Å². The molecule has 2 aromatic heterocycles. The largest absolute Gasteiger partial charge is 0.455 e. The van der Waals surface area contributed by atoms with E-state index in [1.165, 1.54) is 59.1 Å². The number of furan rings is 1. The molecule has 0 aliphatic rings. The van der Waals surface area contributed by atoms with Crippen LogP contribution in [0.5, 0.6) is 0 Å². The molecule has 2 heterocycles. The van der Waals surface area contributed by atoms with Crippen LogP contribution in [0.4, 0.5) is 17.1 Å². The zero-order valence-electron chi connectivity index (χ0n) is 33.1. The van der Waals surface area contributed by atoms with Crippen LogP contribution < -0.4 is 4.90 Å². The molecular formula is C58H37NOS. The first-order chi connectivity index (χ1) is 30.2. The smallest absolute Gasteiger partial charge is 0.143 e. The van der Waals surface area contributed by atoms with E-state index < -0.39 is 0 Å². The summed E-state index contributed by atoms with van der Waals surface area (Å²) in [5.74, 6) is 0. The third-order valence-electron chi connectivity index (χ3n) is 12.1. The van der Waals surface area contributed by atoms with Crippen molar-refractivity contribution in [1.82, 2.24) is 0 Å². The van der Waals surface area contributed by atoms with Crippen LogP contribution in [0.1, 0.15) is 0 Å². The number of hydrogen-bond donors (Lipinski definition) is 0. The molecule has 0 spiro atoms. The van der Waals surface area contributed by atoms with Crippen LogP contribution in [-0.2, 0) is 0 Å². The fourth-order valence-corrected chi connectivity index (χ4v) is 10.4. The van der Waals surface area contributed by atoms with Crippen molar-refractivity contribution in [3.63, 3.8) is 0 Å². The summed E-state index contributed by atoms with van der Waals surface area (Å²) in [6, 6.07) is 81.1. The molecule has 0 radical (unpaired) electrons. The van der Waals surface area contributed by atoms with Crippen LogP contribution in [-0.4, -0.2) is 0 Å². The van der Waals surface area contributed by atoms with Gasteiger partial charge in [-0.05, 0) is 111 Å². The number of hydrogen-bond acceptors (Lipinski definition) is 3. The van der Waals surface area contributed by atoms with Gasteiger partial charge in [0, 0.05) is 42.3 Å². The minimum absolute atomic E-state index is 0.863. The van der Waals surface area contributed by atoms with E-state index in [-0.39, 0.29) is 0 Å². The number of rotatable bonds is 7. The molecule has 0 aliphatic heterocycles. The molecule has 3 heteroatoms. The lowest BCUT2D eigenvalue weighted by Crippen LogP contribution is -2.10. The Balaban J connectivity index is 1.05. The van der Waals surface area contributed by atoms with Crippen molar-refractivity contribution in [2.45, 2.75) is 0 Å². The number of anilines is 3. The van der Waals surface area contributed by atoms with Gasteiger partial charge in [0.1, 0.15) is 11.2 Å². The van der Waals surface area contributed by atoms with Crippen molar-refractivity contribution in [3.05, 3.63) is 224 Å². The van der Waals surface area contributed by atoms with Crippen molar-refractivity contribution in [3.8, 4) is 44.5 Å². The van der Waals surface area contributed by atoms with Crippen molar-refractivity contribution in [2.75, 3.05) is 4.90 Å². The predicted molar refractivity (Wildman–Crippen MR) is 261 cm³/mol. The maximum Gasteiger partial charge on any atom is 0.143 e. The highest BCUT2D eigenvalue weighted by Gasteiger charge is 2.22. The zero-order valence-corrected chi connectivity index (χ0v) is 33.9. The summed E-state index contributed by atoms with van der Waals surface area (Å²) in [4.78, 5) is 2.40. The number of fused-ring (bicyclic) bond motifs is 8. The van der Waals surface area contributed by atoms with Gasteiger partial charge in [0.25, 0.3) is 0 Å². The second kappa shape index (κ2) is 14.5. The molecule has 12 aromatic rings. The minimum Gasteiger partial charge on any atom is -0.455 e. The van der Waals surface area contributed by atoms with Gasteiger partial charge < -0.3 is 9.32 Å². The van der Waals surface area contributed by atoms with E-state index in [1.807, 2.05) is 11.3 Å². The monoisotopic (exact) mass is 795 g/mol. The van der Waals surface area contributed by atoms with Gasteiger partial charge in [-0.3, -0.25) is 0 Å². The van der Waals surface area contributed by atoms with E-state index in [0.29, 0.717) is 0 Å². The summed E-state index contributed by atoms with van der Waals surface area (Å²) in [5.41, 5.74) is 14.5. The second-order valence-corrected chi connectivity index (χ2v) is 16.7. The molecule has 2 nitrogen and oxygen atoms in total. The topological polar surface area (TPSA) is 16.4 Å². The molecule has 286 valence electrons. The van der Waals surface area contributed by atoms with Crippen LogP contribution >= 0.6 is 11.3 Å². The molecule has 12 rings (SSSR count). The van der Waals surface area contributed by atoms with Gasteiger partial charge in [-0.25, -0.2) is 0 Å². The van der Waals surface area contributed by atoms with Gasteiger partial charge in [-0.15, -0.1) is 11.3 Å². The van der Waals surface area contributed by atoms with E-state index >= 15 is 0 Å². The Morgan fingerprint density at radius 2 is 1.02 bits per heavy atom. The Hall–Kier alpha value is -7.72. The molecule has 0 bridgehead atoms. The summed E-state index contributed by atoms with van der Waals surface area (Å²) >= 11 is 1.86. The average Bonchev–Trinajstić information content (AvgIpc) is 3.92. The Morgan fingerprint density at radius 3 is 1.87 bits per heavy atom. The van der Waals surface area contributed by atoms with E-state index in [1.54, 1.807) is 0 Å². The average molecular weight is 796 g/mol. The van der Waals surface area contributed by atoms with Crippen LogP contribution in [0, 0.1) is 0 Å². The van der Waals surface area contributed by atoms with Crippen molar-refractivity contribution >= 4 is 81.3 Å². The Bertz CT molecular complexity index is 3580. The first kappa shape index (κ1) is 35.2. The number of nitrogens with zero attached hydrogens (tertiary/aromatic N) is 1. The summed E-state index contributed by atoms with van der Waals surface area (Å²) < 4.78 is 9.35. The molecule has 0 atom stereocenters. The van der Waals surface area contributed by atoms with Crippen molar-refractivity contribution < 1.29 is 4.42 Å². The summed E-state index contributed by atoms with van der Waals surface area (Å²) in [7, 11) is 0. The second-order valence-electron chi connectivity index (χ2n) is 15.6. The summed E-state index contributed by atoms with van der Waals surface area (Å²) in [6.07, 6.45) is 0. The lowest BCUT2D eigenvalue weighted by Gasteiger charge is -2.27. The van der Waals surface area contributed by atoms with Gasteiger partial charge in [-0.1, -0.05) is 164 Å². The Morgan fingerprint density at radius 1 is 0.344 bits per heavy atom. The first-order valence-corrected chi connectivity index (χ1v) is 21.6. The Labute approximate surface area is 357 Å². The van der Waals surface area contributed by atoms with Gasteiger partial charge in [0.05, 0.1) is 11.1 Å². The lowest BCUT2D eigenvalue weighted by molar-refractivity contribution is 0.672. The van der Waals surface area contributed by atoms with Gasteiger partial charge in [-0.2, -0.15) is 0 Å². The molecule has 0 saturated carbocycles. The maximum absolute atomic E-state index is 6.75. The highest BCUT2D eigenvalue weighted by atomic mass is 32.1. The van der Waals surface area contributed by atoms with E-state index in [2.05, 4.69) is 229 Å². The van der Waals surface area contributed by atoms with Gasteiger partial charge in [0.2, 0.25) is 0 Å². The predicted octanol–water partition coefficient (Wildman–Crippen LogP) is 17.2. The zero-order chi connectivity index (χ0) is 40.3. The Kier molecular flexibility index (Phi) is 8.39. The minimum atomic E-state index is 0.863. The third kappa shape index (κ3) is 6.01. The molecule has 0 fully saturated rings. The van der Waals surface area contributed by atoms with Gasteiger partial charge in [0.15, 0.2) is 0 Å². The van der Waals surface area contributed by atoms with Crippen molar-refractivity contribution in [2.24, 2.45) is 0 Å². The molecule has 0 saturated heterocycles. The lowest BCUT2D eigenvalue weighted by atomic mass is 9.91. The fraction of sp³-hybridized carbons (Fsp3) is 0.